The van der Waals surface area contributed by atoms with E-state index in [0.29, 0.717) is 92.0 Å². The van der Waals surface area contributed by atoms with E-state index in [-0.39, 0.29) is 42.6 Å². The minimum Gasteiger partial charge on any atom is -0.493 e. The van der Waals surface area contributed by atoms with Gasteiger partial charge in [0.15, 0.2) is 6.29 Å². The second-order valence-corrected chi connectivity index (χ2v) is 17.7. The first kappa shape index (κ1) is 48.5. The van der Waals surface area contributed by atoms with Gasteiger partial charge in [-0.15, -0.1) is 0 Å². The molecule has 69 heavy (non-hydrogen) atoms. The van der Waals surface area contributed by atoms with Crippen molar-refractivity contribution in [1.29, 1.82) is 0 Å². The lowest BCUT2D eigenvalue weighted by molar-refractivity contribution is -0.135. The number of hydrogen-bond acceptors (Lipinski definition) is 10. The van der Waals surface area contributed by atoms with E-state index in [1.54, 1.807) is 29.7 Å². The molecule has 1 atom stereocenters. The number of aliphatic hydroxyl groups is 1. The van der Waals surface area contributed by atoms with E-state index in [9.17, 15) is 28.4 Å². The van der Waals surface area contributed by atoms with Crippen LogP contribution < -0.4 is 15.4 Å². The van der Waals surface area contributed by atoms with Gasteiger partial charge < -0.3 is 29.2 Å². The van der Waals surface area contributed by atoms with Crippen LogP contribution in [0.2, 0.25) is 5.02 Å². The van der Waals surface area contributed by atoms with Crippen LogP contribution in [0.1, 0.15) is 62.9 Å². The van der Waals surface area contributed by atoms with Crippen molar-refractivity contribution in [2.75, 3.05) is 46.4 Å². The summed E-state index contributed by atoms with van der Waals surface area (Å²) in [5, 5.41) is 19.8. The number of nitrogens with one attached hydrogen (secondary N) is 2. The zero-order chi connectivity index (χ0) is 49.1. The van der Waals surface area contributed by atoms with Crippen LogP contribution in [-0.4, -0.2) is 121 Å². The van der Waals surface area contributed by atoms with E-state index < -0.39 is 17.9 Å². The van der Waals surface area contributed by atoms with Gasteiger partial charge in [0, 0.05) is 87.4 Å². The summed E-state index contributed by atoms with van der Waals surface area (Å²) in [6.07, 6.45) is 2.46. The number of imidazole rings is 1. The summed E-state index contributed by atoms with van der Waals surface area (Å²) in [7, 11) is 2.90. The molecule has 0 radical (unpaired) electrons. The van der Waals surface area contributed by atoms with Crippen LogP contribution in [0, 0.1) is 26.6 Å². The summed E-state index contributed by atoms with van der Waals surface area (Å²) in [6.45, 7) is 9.52. The zero-order valence-electron chi connectivity index (χ0n) is 39.3. The zero-order valence-corrected chi connectivity index (χ0v) is 40.0. The number of halogens is 2. The van der Waals surface area contributed by atoms with Gasteiger partial charge >= 0.3 is 0 Å². The van der Waals surface area contributed by atoms with Crippen LogP contribution in [-0.2, 0) is 40.9 Å². The maximum absolute atomic E-state index is 13.9. The molecule has 3 N–H and O–H groups in total. The first-order chi connectivity index (χ1) is 33.3. The standard InChI is InChI=1S/C50H51ClFN9O6.CH4O/c1-29-45(30(2)57(4)56-29)46-38(51)16-15-36-35(10-7-25-67-42-12-5-8-32-26-33(52)13-14-34(32)42)41(28-62)60(48(36)46)24-21-58-19-22-59(23-20-58)44(64)27-61-31(3)53-47-37(9-6-11-40(47)61)49(65)54-39-17-18-43(63)55-50(39)66;1-2/h5-6,8-9,11-16,26,28,39H,7,10,17-25,27H2,1-4H3,(H,54,65)(H,55,63,66);2H,1H3. The topological polar surface area (TPSA) is 186 Å². The number of carbonyl (C=O) groups excluding carboxylic acids is 5. The number of amides is 4. The van der Waals surface area contributed by atoms with Gasteiger partial charge in [-0.1, -0.05) is 35.9 Å². The fourth-order valence-electron chi connectivity index (χ4n) is 9.71. The number of benzene rings is 4. The van der Waals surface area contributed by atoms with Crippen molar-refractivity contribution < 1.29 is 38.2 Å². The Morgan fingerprint density at radius 3 is 2.43 bits per heavy atom. The Balaban J connectivity index is 0.00000317. The molecule has 9 rings (SSSR count). The fourth-order valence-corrected chi connectivity index (χ4v) is 9.95. The highest BCUT2D eigenvalue weighted by atomic mass is 35.5. The Kier molecular flexibility index (Phi) is 14.6. The van der Waals surface area contributed by atoms with Crippen LogP contribution >= 0.6 is 11.6 Å². The number of carbonyl (C=O) groups is 5. The molecule has 360 valence electrons. The number of fused-ring (bicyclic) bond motifs is 3. The maximum atomic E-state index is 13.9. The number of piperazine rings is 1. The molecule has 7 aromatic rings. The number of rotatable bonds is 14. The molecule has 4 amide bonds. The number of aryl methyl sites for hydroxylation is 4. The number of nitrogens with zero attached hydrogens (tertiary/aromatic N) is 7. The number of ether oxygens (including phenoxy) is 1. The van der Waals surface area contributed by atoms with Gasteiger partial charge in [0.1, 0.15) is 35.5 Å². The molecule has 4 aromatic carbocycles. The molecular formula is C51H55ClFN9O7. The van der Waals surface area contributed by atoms with Gasteiger partial charge in [0.05, 0.1) is 39.6 Å². The molecule has 2 saturated heterocycles. The number of aliphatic hydroxyl groups excluding tert-OH is 1. The molecule has 16 nitrogen and oxygen atoms in total. The van der Waals surface area contributed by atoms with Crippen LogP contribution in [0.15, 0.2) is 66.7 Å². The van der Waals surface area contributed by atoms with Crippen molar-refractivity contribution in [3.63, 3.8) is 0 Å². The quantitative estimate of drug-likeness (QED) is 0.0656. The minimum atomic E-state index is -0.832. The number of aromatic nitrogens is 5. The molecule has 0 saturated carbocycles. The van der Waals surface area contributed by atoms with Crippen molar-refractivity contribution in [3.8, 4) is 16.9 Å². The molecule has 2 aliphatic heterocycles. The van der Waals surface area contributed by atoms with Crippen LogP contribution in [0.3, 0.4) is 0 Å². The van der Waals surface area contributed by atoms with Crippen molar-refractivity contribution in [3.05, 3.63) is 112 Å². The number of piperidine rings is 1. The smallest absolute Gasteiger partial charge is 0.254 e. The SMILES string of the molecule is CO.Cc1nn(C)c(C)c1-c1c(Cl)ccc2c(CCCOc3cccc4cc(F)ccc34)c(C=O)n(CCN3CCN(C(=O)Cn4c(C)nc5c(C(=O)NC6CCC(=O)NC6=O)cccc54)CC3)c12. The van der Waals surface area contributed by atoms with Crippen molar-refractivity contribution in [1.82, 2.24) is 44.3 Å². The Morgan fingerprint density at radius 2 is 1.71 bits per heavy atom. The summed E-state index contributed by atoms with van der Waals surface area (Å²) in [5.41, 5.74) is 7.21. The molecule has 2 aliphatic rings. The molecule has 0 spiro atoms. The monoisotopic (exact) mass is 959 g/mol. The van der Waals surface area contributed by atoms with E-state index in [1.807, 2.05) is 66.9 Å². The maximum Gasteiger partial charge on any atom is 0.254 e. The first-order valence-corrected chi connectivity index (χ1v) is 23.3. The third-order valence-electron chi connectivity index (χ3n) is 13.2. The predicted molar refractivity (Wildman–Crippen MR) is 261 cm³/mol. The largest absolute Gasteiger partial charge is 0.493 e. The number of hydrogen-bond donors (Lipinski definition) is 3. The minimum absolute atomic E-state index is 0.0328. The fraction of sp³-hybridized carbons (Fsp3) is 0.353. The van der Waals surface area contributed by atoms with E-state index in [2.05, 4.69) is 25.1 Å². The van der Waals surface area contributed by atoms with E-state index in [0.717, 1.165) is 63.1 Å². The molecule has 2 fully saturated rings. The second-order valence-electron chi connectivity index (χ2n) is 17.3. The predicted octanol–water partition coefficient (Wildman–Crippen LogP) is 6.07. The molecule has 0 bridgehead atoms. The molecule has 18 heteroatoms. The Bertz CT molecular complexity index is 3130. The average Bonchev–Trinajstić information content (AvgIpc) is 3.92. The van der Waals surface area contributed by atoms with Gasteiger partial charge in [-0.05, 0) is 93.4 Å². The summed E-state index contributed by atoms with van der Waals surface area (Å²) in [6, 6.07) is 18.4. The number of para-hydroxylation sites is 1. The number of imide groups is 1. The average molecular weight is 961 g/mol. The summed E-state index contributed by atoms with van der Waals surface area (Å²) in [4.78, 5) is 73.2. The van der Waals surface area contributed by atoms with Gasteiger partial charge in [-0.2, -0.15) is 5.10 Å². The second kappa shape index (κ2) is 20.7. The normalized spacial score (nSPS) is 15.4. The lowest BCUT2D eigenvalue weighted by Crippen LogP contribution is -2.52. The van der Waals surface area contributed by atoms with Crippen molar-refractivity contribution >= 4 is 74.2 Å². The first-order valence-electron chi connectivity index (χ1n) is 23.0. The molecule has 0 aliphatic carbocycles. The highest BCUT2D eigenvalue weighted by Crippen LogP contribution is 2.42. The van der Waals surface area contributed by atoms with E-state index >= 15 is 0 Å². The molecular weight excluding hydrogens is 905 g/mol. The van der Waals surface area contributed by atoms with E-state index in [4.69, 9.17) is 26.5 Å². The van der Waals surface area contributed by atoms with Gasteiger partial charge in [0.2, 0.25) is 17.7 Å². The lowest BCUT2D eigenvalue weighted by atomic mass is 9.98. The lowest BCUT2D eigenvalue weighted by Gasteiger charge is -2.35. The van der Waals surface area contributed by atoms with Crippen LogP contribution in [0.25, 0.3) is 43.8 Å². The Labute approximate surface area is 403 Å². The van der Waals surface area contributed by atoms with Gasteiger partial charge in [-0.3, -0.25) is 38.9 Å². The van der Waals surface area contributed by atoms with E-state index in [1.165, 1.54) is 12.1 Å². The molecule has 3 aromatic heterocycles. The van der Waals surface area contributed by atoms with Crippen LogP contribution in [0.4, 0.5) is 4.39 Å². The summed E-state index contributed by atoms with van der Waals surface area (Å²) in [5.74, 6) is -0.541. The third-order valence-corrected chi connectivity index (χ3v) is 13.6. The summed E-state index contributed by atoms with van der Waals surface area (Å²) >= 11 is 7.10. The Hall–Kier alpha value is -6.95. The highest BCUT2D eigenvalue weighted by Gasteiger charge is 2.30. The number of aldehydes is 1. The molecule has 5 heterocycles. The van der Waals surface area contributed by atoms with Gasteiger partial charge in [-0.25, -0.2) is 9.37 Å². The summed E-state index contributed by atoms with van der Waals surface area (Å²) < 4.78 is 25.9. The molecule has 1 unspecified atom stereocenters. The third kappa shape index (κ3) is 9.71. The Morgan fingerprint density at radius 1 is 0.957 bits per heavy atom. The van der Waals surface area contributed by atoms with Gasteiger partial charge in [0.25, 0.3) is 5.91 Å². The van der Waals surface area contributed by atoms with Crippen molar-refractivity contribution in [2.45, 2.75) is 65.6 Å². The van der Waals surface area contributed by atoms with Crippen molar-refractivity contribution in [2.24, 2.45) is 7.05 Å². The van der Waals surface area contributed by atoms with Crippen LogP contribution in [0.5, 0.6) is 5.75 Å². The highest BCUT2D eigenvalue weighted by molar-refractivity contribution is 6.35.